The van der Waals surface area contributed by atoms with Gasteiger partial charge in [-0.05, 0) is 54.7 Å². The highest BCUT2D eigenvalue weighted by Gasteiger charge is 2.21. The van der Waals surface area contributed by atoms with Crippen LogP contribution in [-0.4, -0.2) is 22.2 Å². The van der Waals surface area contributed by atoms with Gasteiger partial charge in [0.2, 0.25) is 0 Å². The second kappa shape index (κ2) is 7.11. The minimum Gasteiger partial charge on any atom is -0.389 e. The monoisotopic (exact) mass is 311 g/mol. The van der Waals surface area contributed by atoms with Crippen LogP contribution in [0.25, 0.3) is 11.1 Å². The molecule has 4 nitrogen and oxygen atoms in total. The van der Waals surface area contributed by atoms with Crippen LogP contribution in [0.1, 0.15) is 44.3 Å². The molecular weight excluding hydrogens is 286 g/mol. The van der Waals surface area contributed by atoms with E-state index in [1.54, 1.807) is 6.92 Å². The summed E-state index contributed by atoms with van der Waals surface area (Å²) in [4.78, 5) is 4.43. The number of anilines is 1. The number of hydrogen-bond donors (Lipinski definition) is 3. The van der Waals surface area contributed by atoms with Gasteiger partial charge in [0.1, 0.15) is 5.82 Å². The van der Waals surface area contributed by atoms with Crippen molar-refractivity contribution in [1.29, 1.82) is 0 Å². The third-order valence-electron chi connectivity index (χ3n) is 4.61. The van der Waals surface area contributed by atoms with Crippen molar-refractivity contribution in [3.05, 3.63) is 48.2 Å². The number of aromatic nitrogens is 1. The molecule has 1 aliphatic carbocycles. The lowest BCUT2D eigenvalue weighted by atomic mass is 9.91. The van der Waals surface area contributed by atoms with E-state index in [2.05, 4.69) is 22.4 Å². The number of benzene rings is 1. The summed E-state index contributed by atoms with van der Waals surface area (Å²) in [7, 11) is 0. The van der Waals surface area contributed by atoms with Crippen molar-refractivity contribution in [3.8, 4) is 11.1 Å². The van der Waals surface area contributed by atoms with Crippen molar-refractivity contribution in [1.82, 2.24) is 4.98 Å². The average Bonchev–Trinajstić information content (AvgIpc) is 2.57. The first kappa shape index (κ1) is 16.0. The molecule has 1 aromatic heterocycles. The molecule has 4 N–H and O–H groups in total. The maximum absolute atomic E-state index is 9.76. The molecule has 1 fully saturated rings. The molecule has 3 rings (SSSR count). The number of aliphatic hydroxyl groups excluding tert-OH is 1. The predicted molar refractivity (Wildman–Crippen MR) is 94.2 cm³/mol. The molecule has 0 radical (unpaired) electrons. The minimum absolute atomic E-state index is 0.202. The molecular formula is C19H25N3O. The summed E-state index contributed by atoms with van der Waals surface area (Å²) in [6.45, 7) is 1.78. The maximum atomic E-state index is 9.76. The van der Waals surface area contributed by atoms with Crippen LogP contribution >= 0.6 is 0 Å². The molecule has 1 heterocycles. The van der Waals surface area contributed by atoms with Gasteiger partial charge in [-0.3, -0.25) is 0 Å². The summed E-state index contributed by atoms with van der Waals surface area (Å²) < 4.78 is 0. The molecule has 1 aliphatic rings. The third-order valence-corrected chi connectivity index (χ3v) is 4.61. The van der Waals surface area contributed by atoms with E-state index in [9.17, 15) is 5.11 Å². The molecule has 0 saturated heterocycles. The molecule has 23 heavy (non-hydrogen) atoms. The average molecular weight is 311 g/mol. The van der Waals surface area contributed by atoms with E-state index in [-0.39, 0.29) is 6.04 Å². The fraction of sp³-hybridized carbons (Fsp3) is 0.421. The van der Waals surface area contributed by atoms with Gasteiger partial charge in [0.15, 0.2) is 0 Å². The van der Waals surface area contributed by atoms with Crippen molar-refractivity contribution in [2.24, 2.45) is 5.73 Å². The summed E-state index contributed by atoms with van der Waals surface area (Å²) in [6, 6.07) is 12.5. The lowest BCUT2D eigenvalue weighted by molar-refractivity contribution is 0.199. The lowest BCUT2D eigenvalue weighted by Crippen LogP contribution is -2.42. The van der Waals surface area contributed by atoms with Crippen LogP contribution < -0.4 is 11.1 Å². The summed E-state index contributed by atoms with van der Waals surface area (Å²) in [6.07, 6.45) is 5.98. The highest BCUT2D eigenvalue weighted by molar-refractivity contribution is 5.67. The van der Waals surface area contributed by atoms with Gasteiger partial charge in [-0.15, -0.1) is 0 Å². The van der Waals surface area contributed by atoms with Gasteiger partial charge in [0.25, 0.3) is 0 Å². The van der Waals surface area contributed by atoms with Crippen molar-refractivity contribution < 1.29 is 5.11 Å². The quantitative estimate of drug-likeness (QED) is 0.808. The minimum atomic E-state index is -0.463. The Bertz CT molecular complexity index is 657. The van der Waals surface area contributed by atoms with Crippen molar-refractivity contribution in [3.63, 3.8) is 0 Å². The standard InChI is InChI=1S/C19H25N3O/c1-13(23)14-5-4-6-15(11-14)16-9-10-21-19(12-16)22-18-8-3-2-7-17(18)20/h4-6,9-13,17-18,23H,2-3,7-8,20H2,1H3,(H,21,22)/t13?,17-,18-/m1/s1. The number of rotatable bonds is 4. The Morgan fingerprint density at radius 2 is 1.96 bits per heavy atom. The molecule has 0 aliphatic heterocycles. The van der Waals surface area contributed by atoms with Crippen molar-refractivity contribution in [2.45, 2.75) is 50.8 Å². The van der Waals surface area contributed by atoms with Crippen LogP contribution in [0.15, 0.2) is 42.6 Å². The van der Waals surface area contributed by atoms with Crippen LogP contribution in [-0.2, 0) is 0 Å². The van der Waals surface area contributed by atoms with E-state index in [0.717, 1.165) is 35.3 Å². The van der Waals surface area contributed by atoms with E-state index < -0.39 is 6.10 Å². The van der Waals surface area contributed by atoms with E-state index in [4.69, 9.17) is 5.73 Å². The van der Waals surface area contributed by atoms with Gasteiger partial charge in [0.05, 0.1) is 6.10 Å². The summed E-state index contributed by atoms with van der Waals surface area (Å²) in [5, 5.41) is 13.2. The summed E-state index contributed by atoms with van der Waals surface area (Å²) in [5.74, 6) is 0.868. The third kappa shape index (κ3) is 3.89. The number of aliphatic hydroxyl groups is 1. The Balaban J connectivity index is 1.81. The number of nitrogens with one attached hydrogen (secondary N) is 1. The Morgan fingerprint density at radius 1 is 1.17 bits per heavy atom. The molecule has 2 aromatic rings. The van der Waals surface area contributed by atoms with E-state index in [1.165, 1.54) is 12.8 Å². The van der Waals surface area contributed by atoms with Gasteiger partial charge >= 0.3 is 0 Å². The molecule has 1 saturated carbocycles. The van der Waals surface area contributed by atoms with Crippen LogP contribution in [0.5, 0.6) is 0 Å². The zero-order chi connectivity index (χ0) is 16.2. The first-order valence-corrected chi connectivity index (χ1v) is 8.40. The molecule has 3 atom stereocenters. The molecule has 4 heteroatoms. The van der Waals surface area contributed by atoms with E-state index in [1.807, 2.05) is 30.5 Å². The van der Waals surface area contributed by atoms with Crippen LogP contribution in [0, 0.1) is 0 Å². The number of pyridine rings is 1. The van der Waals surface area contributed by atoms with Gasteiger partial charge < -0.3 is 16.2 Å². The predicted octanol–water partition coefficient (Wildman–Crippen LogP) is 3.48. The lowest BCUT2D eigenvalue weighted by Gasteiger charge is -2.29. The van der Waals surface area contributed by atoms with Crippen molar-refractivity contribution in [2.75, 3.05) is 5.32 Å². The van der Waals surface area contributed by atoms with Crippen LogP contribution in [0.4, 0.5) is 5.82 Å². The highest BCUT2D eigenvalue weighted by Crippen LogP contribution is 2.26. The number of nitrogens with zero attached hydrogens (tertiary/aromatic N) is 1. The molecule has 1 aromatic carbocycles. The smallest absolute Gasteiger partial charge is 0.126 e. The maximum Gasteiger partial charge on any atom is 0.126 e. The number of hydrogen-bond acceptors (Lipinski definition) is 4. The Morgan fingerprint density at radius 3 is 2.74 bits per heavy atom. The van der Waals surface area contributed by atoms with E-state index >= 15 is 0 Å². The second-order valence-electron chi connectivity index (χ2n) is 6.43. The molecule has 0 amide bonds. The van der Waals surface area contributed by atoms with Gasteiger partial charge in [-0.2, -0.15) is 0 Å². The summed E-state index contributed by atoms with van der Waals surface area (Å²) >= 11 is 0. The molecule has 0 bridgehead atoms. The van der Waals surface area contributed by atoms with Crippen molar-refractivity contribution >= 4 is 5.82 Å². The van der Waals surface area contributed by atoms with Crippen LogP contribution in [0.3, 0.4) is 0 Å². The normalized spacial score (nSPS) is 22.6. The zero-order valence-corrected chi connectivity index (χ0v) is 13.6. The van der Waals surface area contributed by atoms with Gasteiger partial charge in [0, 0.05) is 18.3 Å². The zero-order valence-electron chi connectivity index (χ0n) is 13.6. The Labute approximate surface area is 137 Å². The number of nitrogens with two attached hydrogens (primary N) is 1. The largest absolute Gasteiger partial charge is 0.389 e. The Hall–Kier alpha value is -1.91. The molecule has 1 unspecified atom stereocenters. The van der Waals surface area contributed by atoms with Crippen LogP contribution in [0.2, 0.25) is 0 Å². The first-order chi connectivity index (χ1) is 11.1. The molecule has 0 spiro atoms. The van der Waals surface area contributed by atoms with Gasteiger partial charge in [-0.1, -0.05) is 31.0 Å². The van der Waals surface area contributed by atoms with Gasteiger partial charge in [-0.25, -0.2) is 4.98 Å². The first-order valence-electron chi connectivity index (χ1n) is 8.40. The highest BCUT2D eigenvalue weighted by atomic mass is 16.3. The van der Waals surface area contributed by atoms with E-state index in [0.29, 0.717) is 6.04 Å². The Kier molecular flexibility index (Phi) is 4.94. The molecule has 122 valence electrons. The second-order valence-corrected chi connectivity index (χ2v) is 6.43. The summed E-state index contributed by atoms with van der Waals surface area (Å²) in [5.41, 5.74) is 9.31. The topological polar surface area (TPSA) is 71.2 Å². The SMILES string of the molecule is CC(O)c1cccc(-c2ccnc(N[C@@H]3CCCC[C@H]3N)c2)c1. The fourth-order valence-corrected chi connectivity index (χ4v) is 3.20. The fourth-order valence-electron chi connectivity index (χ4n) is 3.20.